The van der Waals surface area contributed by atoms with E-state index in [1.165, 1.54) is 29.2 Å². The zero-order valence-corrected chi connectivity index (χ0v) is 19.8. The van der Waals surface area contributed by atoms with Crippen LogP contribution in [0.4, 0.5) is 4.39 Å². The molecule has 1 unspecified atom stereocenters. The molecule has 4 aromatic rings. The number of benzene rings is 3. The number of ether oxygens (including phenoxy) is 1. The molecule has 0 radical (unpaired) electrons. The number of aliphatic hydroxyl groups excluding tert-OH is 1. The Morgan fingerprint density at radius 1 is 0.919 bits per heavy atom. The van der Waals surface area contributed by atoms with Crippen molar-refractivity contribution in [3.05, 3.63) is 137 Å². The van der Waals surface area contributed by atoms with E-state index in [4.69, 9.17) is 4.74 Å². The molecule has 5 rings (SSSR count). The number of ketones is 1. The Labute approximate surface area is 213 Å². The lowest BCUT2D eigenvalue weighted by molar-refractivity contribution is -0.140. The molecule has 0 bridgehead atoms. The van der Waals surface area contributed by atoms with Gasteiger partial charge >= 0.3 is 0 Å². The molecule has 7 heteroatoms. The van der Waals surface area contributed by atoms with Gasteiger partial charge in [0.25, 0.3) is 11.7 Å². The molecule has 3 aromatic carbocycles. The lowest BCUT2D eigenvalue weighted by Gasteiger charge is -2.25. The van der Waals surface area contributed by atoms with E-state index in [1.54, 1.807) is 42.7 Å². The van der Waals surface area contributed by atoms with Crippen LogP contribution in [0.2, 0.25) is 0 Å². The first-order valence-electron chi connectivity index (χ1n) is 11.7. The minimum atomic E-state index is -0.884. The number of hydrogen-bond acceptors (Lipinski definition) is 5. The number of nitrogens with zero attached hydrogens (tertiary/aromatic N) is 2. The summed E-state index contributed by atoms with van der Waals surface area (Å²) >= 11 is 0. The molecule has 184 valence electrons. The zero-order valence-electron chi connectivity index (χ0n) is 19.8. The third-order valence-corrected chi connectivity index (χ3v) is 6.16. The van der Waals surface area contributed by atoms with Crippen molar-refractivity contribution in [2.45, 2.75) is 19.2 Å². The van der Waals surface area contributed by atoms with Gasteiger partial charge in [-0.3, -0.25) is 14.6 Å². The number of aromatic nitrogens is 1. The summed E-state index contributed by atoms with van der Waals surface area (Å²) in [6, 6.07) is 24.6. The molecule has 0 saturated carbocycles. The molecule has 1 N–H and O–H groups in total. The highest BCUT2D eigenvalue weighted by molar-refractivity contribution is 6.46. The van der Waals surface area contributed by atoms with Crippen molar-refractivity contribution in [1.82, 2.24) is 9.88 Å². The lowest BCUT2D eigenvalue weighted by Crippen LogP contribution is -2.29. The average Bonchev–Trinajstić information content (AvgIpc) is 3.18. The predicted molar refractivity (Wildman–Crippen MR) is 136 cm³/mol. The molecule has 0 spiro atoms. The summed E-state index contributed by atoms with van der Waals surface area (Å²) in [7, 11) is 0. The number of hydrogen-bond donors (Lipinski definition) is 1. The van der Waals surface area contributed by atoms with Crippen LogP contribution in [0.15, 0.2) is 109 Å². The average molecular weight is 495 g/mol. The molecule has 1 saturated heterocycles. The van der Waals surface area contributed by atoms with Crippen LogP contribution < -0.4 is 4.74 Å². The number of pyridine rings is 1. The van der Waals surface area contributed by atoms with Gasteiger partial charge in [0.2, 0.25) is 0 Å². The van der Waals surface area contributed by atoms with Crippen LogP contribution in [0.5, 0.6) is 5.75 Å². The topological polar surface area (TPSA) is 79.7 Å². The smallest absolute Gasteiger partial charge is 0.295 e. The Morgan fingerprint density at radius 3 is 2.41 bits per heavy atom. The lowest BCUT2D eigenvalue weighted by atomic mass is 9.95. The first-order valence-corrected chi connectivity index (χ1v) is 11.7. The van der Waals surface area contributed by atoms with Crippen molar-refractivity contribution in [3.63, 3.8) is 0 Å². The van der Waals surface area contributed by atoms with Crippen LogP contribution in [-0.4, -0.2) is 26.7 Å². The van der Waals surface area contributed by atoms with E-state index in [9.17, 15) is 19.1 Å². The van der Waals surface area contributed by atoms with Gasteiger partial charge in [-0.15, -0.1) is 0 Å². The molecule has 0 aliphatic carbocycles. The van der Waals surface area contributed by atoms with Gasteiger partial charge in [0.05, 0.1) is 11.6 Å². The fraction of sp³-hybridized carbons (Fsp3) is 0.100. The van der Waals surface area contributed by atoms with Crippen LogP contribution >= 0.6 is 0 Å². The molecule has 1 aromatic heterocycles. The summed E-state index contributed by atoms with van der Waals surface area (Å²) < 4.78 is 19.5. The highest BCUT2D eigenvalue weighted by Crippen LogP contribution is 2.41. The largest absolute Gasteiger partial charge is 0.507 e. The molecule has 2 heterocycles. The second-order valence-electron chi connectivity index (χ2n) is 8.64. The van der Waals surface area contributed by atoms with Gasteiger partial charge in [-0.25, -0.2) is 4.39 Å². The van der Waals surface area contributed by atoms with Crippen LogP contribution in [0.25, 0.3) is 5.76 Å². The number of Topliss-reactive ketones (excluding diaryl/α,β-unsaturated/α-hetero) is 1. The van der Waals surface area contributed by atoms with Gasteiger partial charge in [-0.05, 0) is 59.2 Å². The maximum absolute atomic E-state index is 13.5. The Morgan fingerprint density at radius 2 is 1.68 bits per heavy atom. The van der Waals surface area contributed by atoms with Gasteiger partial charge in [0.1, 0.15) is 23.9 Å². The first kappa shape index (κ1) is 23.9. The van der Waals surface area contributed by atoms with Crippen molar-refractivity contribution in [3.8, 4) is 5.75 Å². The van der Waals surface area contributed by atoms with E-state index in [2.05, 4.69) is 4.98 Å². The number of rotatable bonds is 7. The molecule has 1 fully saturated rings. The minimum Gasteiger partial charge on any atom is -0.507 e. The standard InChI is InChI=1S/C30H23FN2O4/c31-24-13-11-22(12-14-24)28(34)26-27(33(30(36)29(26)35)18-21-8-5-15-32-17-21)23-9-4-10-25(16-23)37-19-20-6-2-1-3-7-20/h1-17,27,34H,18-19H2. The molecule has 1 amide bonds. The number of aliphatic hydroxyl groups is 1. The molecule has 1 aliphatic heterocycles. The Kier molecular flexibility index (Phi) is 6.76. The maximum atomic E-state index is 13.5. The van der Waals surface area contributed by atoms with Crippen molar-refractivity contribution >= 4 is 17.4 Å². The van der Waals surface area contributed by atoms with Crippen molar-refractivity contribution in [2.24, 2.45) is 0 Å². The number of amides is 1. The van der Waals surface area contributed by atoms with Crippen LogP contribution in [0.1, 0.15) is 28.3 Å². The SMILES string of the molecule is O=C1C(=O)N(Cc2cccnc2)C(c2cccc(OCc3ccccc3)c2)C1=C(O)c1ccc(F)cc1. The van der Waals surface area contributed by atoms with Crippen molar-refractivity contribution < 1.29 is 23.8 Å². The van der Waals surface area contributed by atoms with Gasteiger partial charge in [-0.2, -0.15) is 0 Å². The monoisotopic (exact) mass is 494 g/mol. The number of halogens is 1. The maximum Gasteiger partial charge on any atom is 0.295 e. The van der Waals surface area contributed by atoms with Crippen molar-refractivity contribution in [2.75, 3.05) is 0 Å². The summed E-state index contributed by atoms with van der Waals surface area (Å²) in [5.41, 5.74) is 2.49. The van der Waals surface area contributed by atoms with E-state index in [0.29, 0.717) is 17.9 Å². The summed E-state index contributed by atoms with van der Waals surface area (Å²) in [4.78, 5) is 32.0. The highest BCUT2D eigenvalue weighted by Gasteiger charge is 2.46. The van der Waals surface area contributed by atoms with E-state index in [0.717, 1.165) is 11.1 Å². The molecule has 37 heavy (non-hydrogen) atoms. The van der Waals surface area contributed by atoms with Crippen LogP contribution in [-0.2, 0) is 22.7 Å². The quantitative estimate of drug-likeness (QED) is 0.211. The molecular formula is C30H23FN2O4. The molecule has 1 aliphatic rings. The van der Waals surface area contributed by atoms with Gasteiger partial charge in [-0.1, -0.05) is 48.5 Å². The Hall–Kier alpha value is -4.78. The Balaban J connectivity index is 1.56. The number of carbonyl (C=O) groups is 2. The summed E-state index contributed by atoms with van der Waals surface area (Å²) in [6.45, 7) is 0.453. The van der Waals surface area contributed by atoms with E-state index >= 15 is 0 Å². The molecular weight excluding hydrogens is 471 g/mol. The van der Waals surface area contributed by atoms with Crippen molar-refractivity contribution in [1.29, 1.82) is 0 Å². The number of carbonyl (C=O) groups excluding carboxylic acids is 2. The third kappa shape index (κ3) is 5.11. The number of likely N-dealkylation sites (tertiary alicyclic amines) is 1. The predicted octanol–water partition coefficient (Wildman–Crippen LogP) is 5.42. The van der Waals surface area contributed by atoms with Gasteiger partial charge in [0, 0.05) is 24.5 Å². The summed E-state index contributed by atoms with van der Waals surface area (Å²) in [6.07, 6.45) is 3.24. The third-order valence-electron chi connectivity index (χ3n) is 6.16. The van der Waals surface area contributed by atoms with Crippen LogP contribution in [0.3, 0.4) is 0 Å². The van der Waals surface area contributed by atoms with Gasteiger partial charge < -0.3 is 14.7 Å². The highest BCUT2D eigenvalue weighted by atomic mass is 19.1. The minimum absolute atomic E-state index is 0.0688. The van der Waals surface area contributed by atoms with E-state index in [-0.39, 0.29) is 23.4 Å². The fourth-order valence-electron chi connectivity index (χ4n) is 4.36. The normalized spacial score (nSPS) is 16.7. The van der Waals surface area contributed by atoms with E-state index in [1.807, 2.05) is 36.4 Å². The summed E-state index contributed by atoms with van der Waals surface area (Å²) in [5.74, 6) is -1.85. The molecule has 1 atom stereocenters. The second kappa shape index (κ2) is 10.5. The Bertz CT molecular complexity index is 1450. The summed E-state index contributed by atoms with van der Waals surface area (Å²) in [5, 5.41) is 11.2. The first-order chi connectivity index (χ1) is 18.0. The van der Waals surface area contributed by atoms with Crippen LogP contribution in [0, 0.1) is 5.82 Å². The van der Waals surface area contributed by atoms with Gasteiger partial charge in [0.15, 0.2) is 0 Å². The zero-order chi connectivity index (χ0) is 25.8. The van der Waals surface area contributed by atoms with E-state index < -0.39 is 23.5 Å². The fourth-order valence-corrected chi connectivity index (χ4v) is 4.36. The molecule has 6 nitrogen and oxygen atoms in total. The second-order valence-corrected chi connectivity index (χ2v) is 8.64.